The SMILES string of the molecule is Cc1ccc(-c2nnn(CC(=O)NCCc3ccc4c(c3)OCCO4)n2)cc1. The third-order valence-electron chi connectivity index (χ3n) is 4.39. The van der Waals surface area contributed by atoms with Crippen molar-refractivity contribution >= 4 is 5.91 Å². The summed E-state index contributed by atoms with van der Waals surface area (Å²) in [4.78, 5) is 13.4. The summed E-state index contributed by atoms with van der Waals surface area (Å²) >= 11 is 0. The molecule has 3 aromatic rings. The Kier molecular flexibility index (Phi) is 5.18. The molecule has 0 aliphatic carbocycles. The molecule has 2 aromatic carbocycles. The first kappa shape index (κ1) is 18.0. The number of aryl methyl sites for hydroxylation is 1. The van der Waals surface area contributed by atoms with Crippen LogP contribution in [-0.2, 0) is 17.8 Å². The molecule has 0 saturated heterocycles. The Hall–Kier alpha value is -3.42. The van der Waals surface area contributed by atoms with Crippen molar-refractivity contribution in [3.8, 4) is 22.9 Å². The van der Waals surface area contributed by atoms with Gasteiger partial charge in [-0.3, -0.25) is 4.79 Å². The standard InChI is InChI=1S/C20H21N5O3/c1-14-2-5-16(6-3-14)20-22-24-25(23-20)13-19(26)21-9-8-15-4-7-17-18(12-15)28-11-10-27-17/h2-7,12H,8-11,13H2,1H3,(H,21,26). The number of amides is 1. The fourth-order valence-corrected chi connectivity index (χ4v) is 2.90. The zero-order valence-electron chi connectivity index (χ0n) is 15.6. The molecular weight excluding hydrogens is 358 g/mol. The average molecular weight is 379 g/mol. The predicted molar refractivity (Wildman–Crippen MR) is 102 cm³/mol. The summed E-state index contributed by atoms with van der Waals surface area (Å²) in [7, 11) is 0. The Morgan fingerprint density at radius 1 is 1.11 bits per heavy atom. The molecule has 4 rings (SSSR count). The number of tetrazole rings is 1. The Balaban J connectivity index is 1.27. The smallest absolute Gasteiger partial charge is 0.243 e. The number of carbonyl (C=O) groups is 1. The summed E-state index contributed by atoms with van der Waals surface area (Å²) in [6, 6.07) is 13.7. The molecule has 1 amide bonds. The number of nitrogens with one attached hydrogen (secondary N) is 1. The van der Waals surface area contributed by atoms with Crippen LogP contribution in [0.25, 0.3) is 11.4 Å². The molecule has 1 N–H and O–H groups in total. The van der Waals surface area contributed by atoms with Gasteiger partial charge in [0.2, 0.25) is 11.7 Å². The van der Waals surface area contributed by atoms with Crippen molar-refractivity contribution in [3.63, 3.8) is 0 Å². The Bertz CT molecular complexity index is 968. The average Bonchev–Trinajstić information content (AvgIpc) is 3.17. The molecule has 0 atom stereocenters. The zero-order chi connectivity index (χ0) is 19.3. The van der Waals surface area contributed by atoms with Crippen molar-refractivity contribution in [1.29, 1.82) is 0 Å². The number of hydrogen-bond donors (Lipinski definition) is 1. The lowest BCUT2D eigenvalue weighted by Gasteiger charge is -2.18. The highest BCUT2D eigenvalue weighted by molar-refractivity contribution is 5.75. The number of aromatic nitrogens is 4. The minimum Gasteiger partial charge on any atom is -0.486 e. The Morgan fingerprint density at radius 2 is 1.89 bits per heavy atom. The van der Waals surface area contributed by atoms with E-state index in [1.807, 2.05) is 49.4 Å². The molecule has 0 spiro atoms. The molecule has 0 fully saturated rings. The van der Waals surface area contributed by atoms with E-state index in [4.69, 9.17) is 9.47 Å². The van der Waals surface area contributed by atoms with Gasteiger partial charge in [0.15, 0.2) is 11.5 Å². The van der Waals surface area contributed by atoms with Crippen LogP contribution in [-0.4, -0.2) is 45.9 Å². The second kappa shape index (κ2) is 8.08. The van der Waals surface area contributed by atoms with Gasteiger partial charge in [-0.1, -0.05) is 35.9 Å². The number of benzene rings is 2. The molecule has 1 aliphatic rings. The van der Waals surface area contributed by atoms with E-state index in [0.717, 1.165) is 28.2 Å². The lowest BCUT2D eigenvalue weighted by atomic mass is 10.1. The van der Waals surface area contributed by atoms with E-state index in [1.54, 1.807) is 0 Å². The molecule has 8 heteroatoms. The van der Waals surface area contributed by atoms with Crippen LogP contribution in [0.2, 0.25) is 0 Å². The van der Waals surface area contributed by atoms with E-state index in [1.165, 1.54) is 4.80 Å². The molecule has 0 bridgehead atoms. The molecule has 0 radical (unpaired) electrons. The van der Waals surface area contributed by atoms with Crippen molar-refractivity contribution in [1.82, 2.24) is 25.5 Å². The van der Waals surface area contributed by atoms with Crippen LogP contribution in [0, 0.1) is 6.92 Å². The second-order valence-electron chi connectivity index (χ2n) is 6.59. The van der Waals surface area contributed by atoms with Gasteiger partial charge >= 0.3 is 0 Å². The second-order valence-corrected chi connectivity index (χ2v) is 6.59. The van der Waals surface area contributed by atoms with Crippen LogP contribution in [0.3, 0.4) is 0 Å². The van der Waals surface area contributed by atoms with E-state index in [0.29, 0.717) is 32.0 Å². The van der Waals surface area contributed by atoms with Crippen molar-refractivity contribution in [3.05, 3.63) is 53.6 Å². The fourth-order valence-electron chi connectivity index (χ4n) is 2.90. The first-order valence-electron chi connectivity index (χ1n) is 9.17. The highest BCUT2D eigenvalue weighted by Gasteiger charge is 2.12. The molecule has 2 heterocycles. The minimum atomic E-state index is -0.162. The zero-order valence-corrected chi connectivity index (χ0v) is 15.6. The van der Waals surface area contributed by atoms with Gasteiger partial charge in [0, 0.05) is 12.1 Å². The van der Waals surface area contributed by atoms with E-state index >= 15 is 0 Å². The Labute approximate surface area is 162 Å². The number of hydrogen-bond acceptors (Lipinski definition) is 6. The van der Waals surface area contributed by atoms with Crippen molar-refractivity contribution in [2.75, 3.05) is 19.8 Å². The number of carbonyl (C=O) groups excluding carboxylic acids is 1. The maximum absolute atomic E-state index is 12.1. The summed E-state index contributed by atoms with van der Waals surface area (Å²) in [6.45, 7) is 3.69. The van der Waals surface area contributed by atoms with Crippen LogP contribution in [0.1, 0.15) is 11.1 Å². The van der Waals surface area contributed by atoms with Gasteiger partial charge in [0.05, 0.1) is 0 Å². The van der Waals surface area contributed by atoms with E-state index in [9.17, 15) is 4.79 Å². The first-order valence-corrected chi connectivity index (χ1v) is 9.17. The van der Waals surface area contributed by atoms with Gasteiger partial charge in [0.25, 0.3) is 0 Å². The minimum absolute atomic E-state index is 0.0278. The van der Waals surface area contributed by atoms with Crippen LogP contribution >= 0.6 is 0 Å². The molecule has 8 nitrogen and oxygen atoms in total. The van der Waals surface area contributed by atoms with Gasteiger partial charge in [-0.05, 0) is 36.3 Å². The third kappa shape index (κ3) is 4.28. The topological polar surface area (TPSA) is 91.2 Å². The lowest BCUT2D eigenvalue weighted by molar-refractivity contribution is -0.122. The highest BCUT2D eigenvalue weighted by Crippen LogP contribution is 2.30. The van der Waals surface area contributed by atoms with E-state index in [2.05, 4.69) is 20.7 Å². The summed E-state index contributed by atoms with van der Waals surface area (Å²) in [5, 5.41) is 15.1. The van der Waals surface area contributed by atoms with Gasteiger partial charge in [-0.25, -0.2) is 0 Å². The maximum Gasteiger partial charge on any atom is 0.243 e. The normalized spacial score (nSPS) is 12.6. The summed E-state index contributed by atoms with van der Waals surface area (Å²) in [5.74, 6) is 1.86. The Morgan fingerprint density at radius 3 is 2.71 bits per heavy atom. The number of fused-ring (bicyclic) bond motifs is 1. The van der Waals surface area contributed by atoms with Crippen molar-refractivity contribution < 1.29 is 14.3 Å². The monoisotopic (exact) mass is 379 g/mol. The number of nitrogens with zero attached hydrogens (tertiary/aromatic N) is 4. The van der Waals surface area contributed by atoms with Gasteiger partial charge in [-0.2, -0.15) is 4.80 Å². The molecule has 1 aliphatic heterocycles. The van der Waals surface area contributed by atoms with Gasteiger partial charge in [0.1, 0.15) is 19.8 Å². The molecular formula is C20H21N5O3. The van der Waals surface area contributed by atoms with E-state index < -0.39 is 0 Å². The van der Waals surface area contributed by atoms with Crippen molar-refractivity contribution in [2.45, 2.75) is 19.9 Å². The molecule has 28 heavy (non-hydrogen) atoms. The highest BCUT2D eigenvalue weighted by atomic mass is 16.6. The van der Waals surface area contributed by atoms with Crippen LogP contribution in [0.4, 0.5) is 0 Å². The number of rotatable bonds is 6. The largest absolute Gasteiger partial charge is 0.486 e. The van der Waals surface area contributed by atoms with Crippen LogP contribution < -0.4 is 14.8 Å². The predicted octanol–water partition coefficient (Wildman–Crippen LogP) is 1.78. The summed E-state index contributed by atoms with van der Waals surface area (Å²) in [6.07, 6.45) is 0.696. The van der Waals surface area contributed by atoms with Crippen LogP contribution in [0.15, 0.2) is 42.5 Å². The summed E-state index contributed by atoms with van der Waals surface area (Å²) < 4.78 is 11.1. The molecule has 1 aromatic heterocycles. The maximum atomic E-state index is 12.1. The van der Waals surface area contributed by atoms with Crippen LogP contribution in [0.5, 0.6) is 11.5 Å². The fraction of sp³-hybridized carbons (Fsp3) is 0.300. The van der Waals surface area contributed by atoms with Crippen molar-refractivity contribution in [2.24, 2.45) is 0 Å². The quantitative estimate of drug-likeness (QED) is 0.702. The van der Waals surface area contributed by atoms with E-state index in [-0.39, 0.29) is 12.5 Å². The molecule has 0 saturated carbocycles. The van der Waals surface area contributed by atoms with Gasteiger partial charge in [-0.15, -0.1) is 10.2 Å². The third-order valence-corrected chi connectivity index (χ3v) is 4.39. The first-order chi connectivity index (χ1) is 13.7. The number of ether oxygens (including phenoxy) is 2. The summed E-state index contributed by atoms with van der Waals surface area (Å²) in [5.41, 5.74) is 3.11. The van der Waals surface area contributed by atoms with Gasteiger partial charge < -0.3 is 14.8 Å². The lowest BCUT2D eigenvalue weighted by Crippen LogP contribution is -2.30. The molecule has 0 unspecified atom stereocenters. The molecule has 144 valence electrons.